The molecule has 0 aliphatic carbocycles. The third kappa shape index (κ3) is 4.85. The number of nitrogens with one attached hydrogen (secondary N) is 2. The van der Waals surface area contributed by atoms with E-state index in [0.29, 0.717) is 22.8 Å². The maximum Gasteiger partial charge on any atom is 0.258 e. The van der Waals surface area contributed by atoms with Crippen molar-refractivity contribution in [1.82, 2.24) is 9.97 Å². The largest absolute Gasteiger partial charge is 0.324 e. The van der Waals surface area contributed by atoms with Crippen LogP contribution in [0.2, 0.25) is 0 Å². The van der Waals surface area contributed by atoms with Gasteiger partial charge in [0.15, 0.2) is 5.78 Å². The number of para-hydroxylation sites is 1. The van der Waals surface area contributed by atoms with Crippen LogP contribution in [-0.2, 0) is 12.8 Å². The van der Waals surface area contributed by atoms with Crippen LogP contribution in [0.5, 0.6) is 0 Å². The zero-order chi connectivity index (χ0) is 20.8. The molecule has 0 saturated heterocycles. The van der Waals surface area contributed by atoms with Crippen molar-refractivity contribution in [2.45, 2.75) is 33.6 Å². The summed E-state index contributed by atoms with van der Waals surface area (Å²) < 4.78 is 0. The second-order valence-corrected chi connectivity index (χ2v) is 6.67. The van der Waals surface area contributed by atoms with E-state index in [-0.39, 0.29) is 11.7 Å². The summed E-state index contributed by atoms with van der Waals surface area (Å²) in [6, 6.07) is 13.2. The Morgan fingerprint density at radius 3 is 2.10 bits per heavy atom. The van der Waals surface area contributed by atoms with Crippen LogP contribution in [0.25, 0.3) is 0 Å². The van der Waals surface area contributed by atoms with E-state index in [9.17, 15) is 9.59 Å². The fourth-order valence-electron chi connectivity index (χ4n) is 3.04. The van der Waals surface area contributed by atoms with Gasteiger partial charge in [-0.2, -0.15) is 0 Å². The number of aryl methyl sites for hydroxylation is 2. The summed E-state index contributed by atoms with van der Waals surface area (Å²) in [4.78, 5) is 32.7. The average molecular weight is 388 g/mol. The zero-order valence-corrected chi connectivity index (χ0v) is 16.8. The molecule has 0 radical (unpaired) electrons. The number of rotatable bonds is 7. The Kier molecular flexibility index (Phi) is 6.34. The lowest BCUT2D eigenvalue weighted by molar-refractivity contribution is 0.101. The van der Waals surface area contributed by atoms with Gasteiger partial charge in [-0.1, -0.05) is 44.2 Å². The van der Waals surface area contributed by atoms with Crippen molar-refractivity contribution < 1.29 is 9.59 Å². The second kappa shape index (κ2) is 9.10. The highest BCUT2D eigenvalue weighted by Crippen LogP contribution is 2.23. The van der Waals surface area contributed by atoms with Crippen molar-refractivity contribution in [1.29, 1.82) is 0 Å². The minimum atomic E-state index is -0.245. The van der Waals surface area contributed by atoms with Crippen LogP contribution in [0.4, 0.5) is 17.3 Å². The molecule has 2 N–H and O–H groups in total. The van der Waals surface area contributed by atoms with Crippen LogP contribution in [0.15, 0.2) is 54.9 Å². The first-order valence-electron chi connectivity index (χ1n) is 9.64. The van der Waals surface area contributed by atoms with Crippen molar-refractivity contribution >= 4 is 29.0 Å². The molecule has 3 rings (SSSR count). The number of carbonyl (C=O) groups is 2. The normalized spacial score (nSPS) is 10.4. The number of hydrogen-bond donors (Lipinski definition) is 2. The maximum absolute atomic E-state index is 12.7. The van der Waals surface area contributed by atoms with Gasteiger partial charge in [-0.05, 0) is 43.0 Å². The Balaban J connectivity index is 1.74. The van der Waals surface area contributed by atoms with E-state index in [1.165, 1.54) is 19.3 Å². The van der Waals surface area contributed by atoms with Crippen molar-refractivity contribution in [3.8, 4) is 0 Å². The van der Waals surface area contributed by atoms with E-state index < -0.39 is 0 Å². The van der Waals surface area contributed by atoms with Gasteiger partial charge in [0.05, 0.1) is 5.56 Å². The molecule has 0 fully saturated rings. The molecule has 1 heterocycles. The zero-order valence-electron chi connectivity index (χ0n) is 16.8. The minimum Gasteiger partial charge on any atom is -0.324 e. The first kappa shape index (κ1) is 20.2. The van der Waals surface area contributed by atoms with Gasteiger partial charge in [-0.25, -0.2) is 9.97 Å². The van der Waals surface area contributed by atoms with Crippen molar-refractivity contribution in [2.75, 3.05) is 10.6 Å². The first-order valence-corrected chi connectivity index (χ1v) is 9.64. The number of carbonyl (C=O) groups excluding carboxylic acids is 2. The van der Waals surface area contributed by atoms with Gasteiger partial charge in [-0.15, -0.1) is 0 Å². The van der Waals surface area contributed by atoms with E-state index in [4.69, 9.17) is 0 Å². The molecule has 0 spiro atoms. The van der Waals surface area contributed by atoms with Crippen LogP contribution < -0.4 is 10.6 Å². The Morgan fingerprint density at radius 1 is 0.897 bits per heavy atom. The number of ketones is 1. The van der Waals surface area contributed by atoms with Crippen LogP contribution in [0.1, 0.15) is 52.6 Å². The Bertz CT molecular complexity index is 1010. The number of aromatic nitrogens is 2. The van der Waals surface area contributed by atoms with Gasteiger partial charge >= 0.3 is 0 Å². The van der Waals surface area contributed by atoms with Gasteiger partial charge in [0.25, 0.3) is 5.91 Å². The molecule has 0 saturated carbocycles. The number of anilines is 3. The third-order valence-corrected chi connectivity index (χ3v) is 4.68. The predicted octanol–water partition coefficient (Wildman–Crippen LogP) is 4.80. The van der Waals surface area contributed by atoms with Crippen LogP contribution in [0.3, 0.4) is 0 Å². The first-order chi connectivity index (χ1) is 14.0. The molecule has 0 unspecified atom stereocenters. The molecule has 0 aliphatic rings. The van der Waals surface area contributed by atoms with Crippen molar-refractivity contribution in [2.24, 2.45) is 0 Å². The van der Waals surface area contributed by atoms with Crippen LogP contribution in [-0.4, -0.2) is 21.7 Å². The summed E-state index contributed by atoms with van der Waals surface area (Å²) in [6.45, 7) is 5.65. The maximum atomic E-state index is 12.7. The third-order valence-electron chi connectivity index (χ3n) is 4.68. The van der Waals surface area contributed by atoms with Gasteiger partial charge in [0.2, 0.25) is 5.95 Å². The summed E-state index contributed by atoms with van der Waals surface area (Å²) in [5, 5.41) is 6.05. The van der Waals surface area contributed by atoms with E-state index in [2.05, 4.69) is 34.4 Å². The lowest BCUT2D eigenvalue weighted by Crippen LogP contribution is -2.15. The molecule has 0 aliphatic heterocycles. The number of Topliss-reactive ketones (excluding diaryl/α,β-unsaturated/α-hetero) is 1. The summed E-state index contributed by atoms with van der Waals surface area (Å²) in [5.74, 6) is 0.0941. The lowest BCUT2D eigenvalue weighted by Gasteiger charge is -2.14. The summed E-state index contributed by atoms with van der Waals surface area (Å²) in [7, 11) is 0. The van der Waals surface area contributed by atoms with Crippen molar-refractivity contribution in [3.05, 3.63) is 77.1 Å². The number of amides is 1. The molecule has 6 heteroatoms. The molecule has 0 bridgehead atoms. The highest BCUT2D eigenvalue weighted by Gasteiger charge is 2.13. The monoisotopic (exact) mass is 388 g/mol. The topological polar surface area (TPSA) is 84.0 Å². The van der Waals surface area contributed by atoms with E-state index >= 15 is 0 Å². The molecule has 148 valence electrons. The Morgan fingerprint density at radius 2 is 1.52 bits per heavy atom. The number of hydrogen-bond acceptors (Lipinski definition) is 5. The quantitative estimate of drug-likeness (QED) is 0.568. The molecule has 1 aromatic heterocycles. The van der Waals surface area contributed by atoms with Gasteiger partial charge in [-0.3, -0.25) is 9.59 Å². The summed E-state index contributed by atoms with van der Waals surface area (Å²) in [6.07, 6.45) is 4.64. The molecule has 0 atom stereocenters. The van der Waals surface area contributed by atoms with Crippen molar-refractivity contribution in [3.63, 3.8) is 0 Å². The molecular weight excluding hydrogens is 364 g/mol. The smallest absolute Gasteiger partial charge is 0.258 e. The van der Waals surface area contributed by atoms with E-state index in [0.717, 1.165) is 29.7 Å². The standard InChI is InChI=1S/C23H24N4O2/c1-4-16-8-6-9-17(5-2)21(16)27-22(29)19-13-24-23(25-14-19)26-20-11-7-10-18(12-20)15(3)28/h6-14H,4-5H2,1-3H3,(H,27,29)(H,24,25,26). The lowest BCUT2D eigenvalue weighted by atomic mass is 10.0. The number of nitrogens with zero attached hydrogens (tertiary/aromatic N) is 2. The molecule has 1 amide bonds. The molecule has 2 aromatic carbocycles. The highest BCUT2D eigenvalue weighted by atomic mass is 16.1. The highest BCUT2D eigenvalue weighted by molar-refractivity contribution is 6.04. The Hall–Kier alpha value is -3.54. The average Bonchev–Trinajstić information content (AvgIpc) is 2.74. The second-order valence-electron chi connectivity index (χ2n) is 6.67. The Labute approximate surface area is 170 Å². The van der Waals surface area contributed by atoms with Crippen LogP contribution >= 0.6 is 0 Å². The van der Waals surface area contributed by atoms with Gasteiger partial charge in [0.1, 0.15) is 0 Å². The van der Waals surface area contributed by atoms with Gasteiger partial charge < -0.3 is 10.6 Å². The predicted molar refractivity (Wildman–Crippen MR) is 115 cm³/mol. The summed E-state index contributed by atoms with van der Waals surface area (Å²) in [5.41, 5.74) is 4.75. The SMILES string of the molecule is CCc1cccc(CC)c1NC(=O)c1cnc(Nc2cccc(C(C)=O)c2)nc1. The molecule has 6 nitrogen and oxygen atoms in total. The fraction of sp³-hybridized carbons (Fsp3) is 0.217. The van der Waals surface area contributed by atoms with Crippen LogP contribution in [0, 0.1) is 0 Å². The van der Waals surface area contributed by atoms with Gasteiger partial charge in [0, 0.05) is 29.3 Å². The number of benzene rings is 2. The van der Waals surface area contributed by atoms with E-state index in [1.54, 1.807) is 18.2 Å². The molecule has 3 aromatic rings. The fourth-order valence-corrected chi connectivity index (χ4v) is 3.04. The molecular formula is C23H24N4O2. The summed E-state index contributed by atoms with van der Waals surface area (Å²) >= 11 is 0. The minimum absolute atomic E-state index is 0.0135. The van der Waals surface area contributed by atoms with E-state index in [1.807, 2.05) is 24.3 Å². The molecule has 29 heavy (non-hydrogen) atoms.